The molecule has 0 bridgehead atoms. The zero-order valence-electron chi connectivity index (χ0n) is 11.3. The van der Waals surface area contributed by atoms with Gasteiger partial charge in [0.15, 0.2) is 0 Å². The summed E-state index contributed by atoms with van der Waals surface area (Å²) in [5.74, 6) is 0.640. The number of hydrogen-bond acceptors (Lipinski definition) is 2. The zero-order valence-corrected chi connectivity index (χ0v) is 11.3. The molecular formula is C16H18N2O. The summed E-state index contributed by atoms with van der Waals surface area (Å²) in [7, 11) is 0. The van der Waals surface area contributed by atoms with Crippen molar-refractivity contribution < 1.29 is 4.79 Å². The molecule has 0 unspecified atom stereocenters. The molecule has 0 saturated heterocycles. The van der Waals surface area contributed by atoms with Crippen LogP contribution in [0.1, 0.15) is 25.8 Å². The van der Waals surface area contributed by atoms with E-state index in [1.807, 2.05) is 36.4 Å². The average Bonchev–Trinajstić information content (AvgIpc) is 2.42. The minimum Gasteiger partial charge on any atom is -0.274 e. The molecule has 0 N–H and O–H groups in total. The van der Waals surface area contributed by atoms with E-state index in [4.69, 9.17) is 0 Å². The summed E-state index contributed by atoms with van der Waals surface area (Å²) in [6, 6.07) is 13.6. The maximum Gasteiger partial charge on any atom is 0.229 e. The Labute approximate surface area is 113 Å². The van der Waals surface area contributed by atoms with Gasteiger partial charge in [0.2, 0.25) is 5.91 Å². The van der Waals surface area contributed by atoms with E-state index in [1.165, 1.54) is 5.56 Å². The predicted molar refractivity (Wildman–Crippen MR) is 77.5 cm³/mol. The molecule has 0 aliphatic carbocycles. The van der Waals surface area contributed by atoms with E-state index >= 15 is 0 Å². The zero-order chi connectivity index (χ0) is 13.7. The normalized spacial score (nSPS) is 10.2. The maximum absolute atomic E-state index is 12.0. The molecule has 19 heavy (non-hydrogen) atoms. The molecule has 3 nitrogen and oxygen atoms in total. The Bertz CT molecular complexity index is 552. The number of hydrogen-bond donors (Lipinski definition) is 0. The summed E-state index contributed by atoms with van der Waals surface area (Å²) >= 11 is 0. The van der Waals surface area contributed by atoms with Gasteiger partial charge in [-0.15, -0.1) is 0 Å². The standard InChI is InChI=1S/C16H18N2O/c1-3-8-14-9-4-5-10-15(14)18(13(2)19)16-11-6-7-12-17-16/h4-7,9-12H,3,8H2,1-2H3. The Morgan fingerprint density at radius 2 is 1.89 bits per heavy atom. The van der Waals surface area contributed by atoms with Crippen molar-refractivity contribution in [2.45, 2.75) is 26.7 Å². The fraction of sp³-hybridized carbons (Fsp3) is 0.250. The first-order valence-electron chi connectivity index (χ1n) is 6.53. The minimum atomic E-state index is -0.0257. The molecule has 1 aromatic carbocycles. The molecule has 0 aliphatic rings. The second kappa shape index (κ2) is 6.14. The average molecular weight is 254 g/mol. The van der Waals surface area contributed by atoms with Crippen LogP contribution in [-0.2, 0) is 11.2 Å². The van der Waals surface area contributed by atoms with Gasteiger partial charge in [0.1, 0.15) is 5.82 Å². The van der Waals surface area contributed by atoms with Crippen LogP contribution >= 0.6 is 0 Å². The molecule has 2 rings (SSSR count). The lowest BCUT2D eigenvalue weighted by Gasteiger charge is -2.22. The number of para-hydroxylation sites is 1. The third-order valence-electron chi connectivity index (χ3n) is 2.95. The fourth-order valence-electron chi connectivity index (χ4n) is 2.15. The summed E-state index contributed by atoms with van der Waals surface area (Å²) in [4.78, 5) is 17.9. The molecule has 2 aromatic rings. The van der Waals surface area contributed by atoms with Gasteiger partial charge in [-0.3, -0.25) is 9.69 Å². The van der Waals surface area contributed by atoms with Crippen LogP contribution in [0.5, 0.6) is 0 Å². The highest BCUT2D eigenvalue weighted by atomic mass is 16.2. The van der Waals surface area contributed by atoms with Crippen LogP contribution in [0.25, 0.3) is 0 Å². The number of rotatable bonds is 4. The van der Waals surface area contributed by atoms with Gasteiger partial charge < -0.3 is 0 Å². The van der Waals surface area contributed by atoms with E-state index < -0.39 is 0 Å². The SMILES string of the molecule is CCCc1ccccc1N(C(C)=O)c1ccccn1. The molecule has 0 spiro atoms. The van der Waals surface area contributed by atoms with Crippen molar-refractivity contribution in [2.24, 2.45) is 0 Å². The van der Waals surface area contributed by atoms with Gasteiger partial charge >= 0.3 is 0 Å². The first kappa shape index (κ1) is 13.3. The maximum atomic E-state index is 12.0. The van der Waals surface area contributed by atoms with Gasteiger partial charge in [-0.2, -0.15) is 0 Å². The van der Waals surface area contributed by atoms with Crippen LogP contribution in [0.15, 0.2) is 48.7 Å². The van der Waals surface area contributed by atoms with Crippen molar-refractivity contribution in [3.05, 3.63) is 54.2 Å². The summed E-state index contributed by atoms with van der Waals surface area (Å²) in [6.45, 7) is 3.70. The number of benzene rings is 1. The molecule has 1 aromatic heterocycles. The second-order valence-corrected chi connectivity index (χ2v) is 4.42. The number of anilines is 2. The van der Waals surface area contributed by atoms with Crippen LogP contribution in [0.4, 0.5) is 11.5 Å². The summed E-state index contributed by atoms with van der Waals surface area (Å²) in [5.41, 5.74) is 2.10. The Hall–Kier alpha value is -2.16. The molecule has 0 aliphatic heterocycles. The number of aromatic nitrogens is 1. The van der Waals surface area contributed by atoms with E-state index in [2.05, 4.69) is 18.0 Å². The number of carbonyl (C=O) groups excluding carboxylic acids is 1. The van der Waals surface area contributed by atoms with E-state index in [-0.39, 0.29) is 5.91 Å². The number of pyridine rings is 1. The lowest BCUT2D eigenvalue weighted by atomic mass is 10.1. The lowest BCUT2D eigenvalue weighted by Crippen LogP contribution is -2.24. The molecule has 98 valence electrons. The largest absolute Gasteiger partial charge is 0.274 e. The minimum absolute atomic E-state index is 0.0257. The van der Waals surface area contributed by atoms with Crippen molar-refractivity contribution in [1.82, 2.24) is 4.98 Å². The van der Waals surface area contributed by atoms with E-state index in [9.17, 15) is 4.79 Å². The first-order valence-corrected chi connectivity index (χ1v) is 6.53. The van der Waals surface area contributed by atoms with E-state index in [1.54, 1.807) is 18.0 Å². The molecule has 1 amide bonds. The van der Waals surface area contributed by atoms with Gasteiger partial charge in [0.05, 0.1) is 5.69 Å². The Kier molecular flexibility index (Phi) is 4.29. The summed E-state index contributed by atoms with van der Waals surface area (Å²) in [6.07, 6.45) is 3.70. The highest BCUT2D eigenvalue weighted by molar-refractivity contribution is 5.98. The number of carbonyl (C=O) groups is 1. The first-order chi connectivity index (χ1) is 9.24. The Morgan fingerprint density at radius 1 is 1.16 bits per heavy atom. The molecular weight excluding hydrogens is 236 g/mol. The van der Waals surface area contributed by atoms with Gasteiger partial charge in [0.25, 0.3) is 0 Å². The lowest BCUT2D eigenvalue weighted by molar-refractivity contribution is -0.115. The van der Waals surface area contributed by atoms with Crippen molar-refractivity contribution in [1.29, 1.82) is 0 Å². The van der Waals surface area contributed by atoms with Crippen molar-refractivity contribution in [2.75, 3.05) is 4.90 Å². The van der Waals surface area contributed by atoms with Crippen LogP contribution in [0.2, 0.25) is 0 Å². The Morgan fingerprint density at radius 3 is 2.53 bits per heavy atom. The predicted octanol–water partition coefficient (Wildman–Crippen LogP) is 3.72. The van der Waals surface area contributed by atoms with Crippen LogP contribution in [0, 0.1) is 0 Å². The smallest absolute Gasteiger partial charge is 0.229 e. The highest BCUT2D eigenvalue weighted by Crippen LogP contribution is 2.28. The molecule has 0 atom stereocenters. The monoisotopic (exact) mass is 254 g/mol. The topological polar surface area (TPSA) is 33.2 Å². The summed E-state index contributed by atoms with van der Waals surface area (Å²) < 4.78 is 0. The van der Waals surface area contributed by atoms with Gasteiger partial charge in [-0.25, -0.2) is 4.98 Å². The molecule has 0 fully saturated rings. The molecule has 3 heteroatoms. The van der Waals surface area contributed by atoms with Crippen molar-refractivity contribution in [3.63, 3.8) is 0 Å². The van der Waals surface area contributed by atoms with Gasteiger partial charge in [-0.05, 0) is 30.2 Å². The van der Waals surface area contributed by atoms with Gasteiger partial charge in [0, 0.05) is 13.1 Å². The fourth-order valence-corrected chi connectivity index (χ4v) is 2.15. The number of aryl methyl sites for hydroxylation is 1. The Balaban J connectivity index is 2.49. The van der Waals surface area contributed by atoms with Crippen LogP contribution in [-0.4, -0.2) is 10.9 Å². The summed E-state index contributed by atoms with van der Waals surface area (Å²) in [5, 5.41) is 0. The molecule has 0 radical (unpaired) electrons. The third kappa shape index (κ3) is 2.99. The quantitative estimate of drug-likeness (QED) is 0.833. The molecule has 1 heterocycles. The highest BCUT2D eigenvalue weighted by Gasteiger charge is 2.17. The number of nitrogens with zero attached hydrogens (tertiary/aromatic N) is 2. The van der Waals surface area contributed by atoms with Crippen molar-refractivity contribution in [3.8, 4) is 0 Å². The van der Waals surface area contributed by atoms with Crippen LogP contribution < -0.4 is 4.90 Å². The van der Waals surface area contributed by atoms with Gasteiger partial charge in [-0.1, -0.05) is 37.6 Å². The molecule has 0 saturated carbocycles. The van der Waals surface area contributed by atoms with E-state index in [0.717, 1.165) is 18.5 Å². The van der Waals surface area contributed by atoms with E-state index in [0.29, 0.717) is 5.82 Å². The van der Waals surface area contributed by atoms with Crippen LogP contribution in [0.3, 0.4) is 0 Å². The second-order valence-electron chi connectivity index (χ2n) is 4.42. The third-order valence-corrected chi connectivity index (χ3v) is 2.95. The van der Waals surface area contributed by atoms with Crippen molar-refractivity contribution >= 4 is 17.4 Å². The number of amides is 1.